The zero-order valence-corrected chi connectivity index (χ0v) is 10.2. The minimum atomic E-state index is -1.34. The molecule has 0 aromatic carbocycles. The average molecular weight is 268 g/mol. The van der Waals surface area contributed by atoms with Gasteiger partial charge in [-0.2, -0.15) is 0 Å². The topological polar surface area (TPSA) is 148 Å². The van der Waals surface area contributed by atoms with Crippen molar-refractivity contribution in [2.75, 3.05) is 5.32 Å². The van der Waals surface area contributed by atoms with Crippen LogP contribution in [0, 0.1) is 10.1 Å². The first-order chi connectivity index (χ1) is 8.65. The molecule has 1 heterocycles. The van der Waals surface area contributed by atoms with E-state index < -0.39 is 28.0 Å². The molecule has 0 aliphatic rings. The summed E-state index contributed by atoms with van der Waals surface area (Å²) in [6.45, 7) is 2.84. The molecule has 1 aromatic heterocycles. The van der Waals surface area contributed by atoms with Crippen molar-refractivity contribution in [1.29, 1.82) is 0 Å². The fourth-order valence-electron chi connectivity index (χ4n) is 1.16. The van der Waals surface area contributed by atoms with Gasteiger partial charge in [-0.05, 0) is 13.8 Å². The molecule has 0 bridgehead atoms. The van der Waals surface area contributed by atoms with E-state index in [1.807, 2.05) is 0 Å². The normalized spacial score (nSPS) is 10.8. The molecule has 1 amide bonds. The zero-order chi connectivity index (χ0) is 14.8. The molecule has 0 atom stereocenters. The van der Waals surface area contributed by atoms with Crippen LogP contribution in [-0.2, 0) is 4.79 Å². The van der Waals surface area contributed by atoms with Crippen LogP contribution in [-0.4, -0.2) is 32.4 Å². The smallest absolute Gasteiger partial charge is 0.337 e. The monoisotopic (exact) mass is 268 g/mol. The SMILES string of the molecule is CC(C)(Nc1ncc(C(=O)O)cc1[N+](=O)[O-])C(N)=O. The van der Waals surface area contributed by atoms with E-state index in [2.05, 4.69) is 10.3 Å². The second-order valence-corrected chi connectivity index (χ2v) is 4.27. The van der Waals surface area contributed by atoms with Crippen molar-refractivity contribution < 1.29 is 19.6 Å². The molecule has 1 rings (SSSR count). The molecule has 102 valence electrons. The van der Waals surface area contributed by atoms with Crippen LogP contribution < -0.4 is 11.1 Å². The fraction of sp³-hybridized carbons (Fsp3) is 0.300. The maximum atomic E-state index is 11.1. The second kappa shape index (κ2) is 4.88. The largest absolute Gasteiger partial charge is 0.478 e. The summed E-state index contributed by atoms with van der Waals surface area (Å²) in [5, 5.41) is 22.1. The number of carboxylic acid groups (broad SMARTS) is 1. The molecule has 0 saturated carbocycles. The summed E-state index contributed by atoms with van der Waals surface area (Å²) in [6.07, 6.45) is 0.953. The molecule has 9 heteroatoms. The van der Waals surface area contributed by atoms with Gasteiger partial charge in [0.25, 0.3) is 0 Å². The molecule has 1 aromatic rings. The van der Waals surface area contributed by atoms with Crippen molar-refractivity contribution in [3.8, 4) is 0 Å². The van der Waals surface area contributed by atoms with Gasteiger partial charge in [-0.3, -0.25) is 14.9 Å². The Bertz CT molecular complexity index is 555. The third-order valence-corrected chi connectivity index (χ3v) is 2.36. The number of carboxylic acids is 1. The quantitative estimate of drug-likeness (QED) is 0.515. The maximum absolute atomic E-state index is 11.1. The summed E-state index contributed by atoms with van der Waals surface area (Å²) in [5.41, 5.74) is 3.00. The number of rotatable bonds is 5. The van der Waals surface area contributed by atoms with E-state index in [9.17, 15) is 19.7 Å². The molecule has 0 spiro atoms. The molecular formula is C10H12N4O5. The lowest BCUT2D eigenvalue weighted by Crippen LogP contribution is -2.45. The van der Waals surface area contributed by atoms with Crippen molar-refractivity contribution >= 4 is 23.4 Å². The lowest BCUT2D eigenvalue weighted by molar-refractivity contribution is -0.384. The number of nitrogens with two attached hydrogens (primary N) is 1. The summed E-state index contributed by atoms with van der Waals surface area (Å²) in [5.74, 6) is -2.29. The van der Waals surface area contributed by atoms with Gasteiger partial charge in [0, 0.05) is 12.3 Å². The van der Waals surface area contributed by atoms with E-state index in [1.165, 1.54) is 13.8 Å². The summed E-state index contributed by atoms with van der Waals surface area (Å²) >= 11 is 0. The second-order valence-electron chi connectivity index (χ2n) is 4.27. The lowest BCUT2D eigenvalue weighted by Gasteiger charge is -2.22. The third kappa shape index (κ3) is 3.15. The standard InChI is InChI=1S/C10H12N4O5/c1-10(2,9(11)17)13-7-6(14(18)19)3-5(4-12-7)8(15)16/h3-4H,1-2H3,(H2,11,17)(H,12,13)(H,15,16). The lowest BCUT2D eigenvalue weighted by atomic mass is 10.1. The van der Waals surface area contributed by atoms with Crippen LogP contribution in [0.2, 0.25) is 0 Å². The number of carbonyl (C=O) groups is 2. The Kier molecular flexibility index (Phi) is 3.69. The molecule has 0 aliphatic carbocycles. The number of nitro groups is 1. The van der Waals surface area contributed by atoms with Crippen molar-refractivity contribution in [3.63, 3.8) is 0 Å². The number of nitrogens with one attached hydrogen (secondary N) is 1. The van der Waals surface area contributed by atoms with Gasteiger partial charge in [0.1, 0.15) is 5.54 Å². The predicted molar refractivity (Wildman–Crippen MR) is 64.7 cm³/mol. The molecule has 0 saturated heterocycles. The molecule has 0 radical (unpaired) electrons. The average Bonchev–Trinajstić information content (AvgIpc) is 2.28. The first-order valence-electron chi connectivity index (χ1n) is 5.11. The van der Waals surface area contributed by atoms with Crippen LogP contribution in [0.15, 0.2) is 12.3 Å². The summed E-state index contributed by atoms with van der Waals surface area (Å²) < 4.78 is 0. The first-order valence-corrected chi connectivity index (χ1v) is 5.11. The van der Waals surface area contributed by atoms with Gasteiger partial charge in [0.05, 0.1) is 10.5 Å². The minimum absolute atomic E-state index is 0.223. The molecule has 0 unspecified atom stereocenters. The summed E-state index contributed by atoms with van der Waals surface area (Å²) in [4.78, 5) is 35.6. The van der Waals surface area contributed by atoms with Crippen LogP contribution in [0.4, 0.5) is 11.5 Å². The van der Waals surface area contributed by atoms with Gasteiger partial charge in [-0.15, -0.1) is 0 Å². The molecule has 0 fully saturated rings. The molecule has 19 heavy (non-hydrogen) atoms. The zero-order valence-electron chi connectivity index (χ0n) is 10.2. The maximum Gasteiger partial charge on any atom is 0.337 e. The van der Waals surface area contributed by atoms with Crippen molar-refractivity contribution in [1.82, 2.24) is 4.98 Å². The number of pyridine rings is 1. The molecular weight excluding hydrogens is 256 g/mol. The van der Waals surface area contributed by atoms with Crippen LogP contribution in [0.5, 0.6) is 0 Å². The predicted octanol–water partition coefficient (Wildman–Crippen LogP) is 0.364. The Hall–Kier alpha value is -2.71. The molecule has 9 nitrogen and oxygen atoms in total. The highest BCUT2D eigenvalue weighted by molar-refractivity contribution is 5.90. The van der Waals surface area contributed by atoms with Gasteiger partial charge in [0.2, 0.25) is 11.7 Å². The number of hydrogen-bond acceptors (Lipinski definition) is 6. The third-order valence-electron chi connectivity index (χ3n) is 2.36. The van der Waals surface area contributed by atoms with Crippen molar-refractivity contribution in [3.05, 3.63) is 27.9 Å². The van der Waals surface area contributed by atoms with Gasteiger partial charge in [-0.25, -0.2) is 9.78 Å². The number of carbonyl (C=O) groups excluding carboxylic acids is 1. The van der Waals surface area contributed by atoms with E-state index >= 15 is 0 Å². The Balaban J connectivity index is 3.25. The van der Waals surface area contributed by atoms with Gasteiger partial charge in [0.15, 0.2) is 0 Å². The highest BCUT2D eigenvalue weighted by atomic mass is 16.6. The van der Waals surface area contributed by atoms with E-state index in [0.29, 0.717) is 0 Å². The van der Waals surface area contributed by atoms with E-state index in [1.54, 1.807) is 0 Å². The van der Waals surface area contributed by atoms with Gasteiger partial charge < -0.3 is 16.2 Å². The van der Waals surface area contributed by atoms with Crippen LogP contribution in [0.25, 0.3) is 0 Å². The van der Waals surface area contributed by atoms with Gasteiger partial charge in [-0.1, -0.05) is 0 Å². The Labute approximate surface area is 107 Å². The highest BCUT2D eigenvalue weighted by Crippen LogP contribution is 2.25. The van der Waals surface area contributed by atoms with E-state index in [0.717, 1.165) is 12.3 Å². The Morgan fingerprint density at radius 1 is 1.53 bits per heavy atom. The van der Waals surface area contributed by atoms with Gasteiger partial charge >= 0.3 is 11.7 Å². The van der Waals surface area contributed by atoms with Crippen LogP contribution in [0.1, 0.15) is 24.2 Å². The summed E-state index contributed by atoms with van der Waals surface area (Å²) in [7, 11) is 0. The van der Waals surface area contributed by atoms with E-state index in [4.69, 9.17) is 10.8 Å². The fourth-order valence-corrected chi connectivity index (χ4v) is 1.16. The first kappa shape index (κ1) is 14.4. The van der Waals surface area contributed by atoms with Crippen molar-refractivity contribution in [2.45, 2.75) is 19.4 Å². The van der Waals surface area contributed by atoms with Crippen molar-refractivity contribution in [2.24, 2.45) is 5.73 Å². The number of aromatic carboxylic acids is 1. The number of nitrogens with zero attached hydrogens (tertiary/aromatic N) is 2. The highest BCUT2D eigenvalue weighted by Gasteiger charge is 2.29. The Morgan fingerprint density at radius 2 is 2.11 bits per heavy atom. The number of anilines is 1. The molecule has 0 aliphatic heterocycles. The number of hydrogen-bond donors (Lipinski definition) is 3. The number of amides is 1. The van der Waals surface area contributed by atoms with E-state index in [-0.39, 0.29) is 11.4 Å². The van der Waals surface area contributed by atoms with Crippen LogP contribution in [0.3, 0.4) is 0 Å². The molecule has 4 N–H and O–H groups in total. The minimum Gasteiger partial charge on any atom is -0.478 e. The summed E-state index contributed by atoms with van der Waals surface area (Å²) in [6, 6.07) is 0.856. The Morgan fingerprint density at radius 3 is 2.53 bits per heavy atom. The van der Waals surface area contributed by atoms with Crippen LogP contribution >= 0.6 is 0 Å². The number of aromatic nitrogens is 1. The number of primary amides is 1.